The van der Waals surface area contributed by atoms with Gasteiger partial charge in [0.1, 0.15) is 0 Å². The Kier molecular flexibility index (Phi) is 13.9. The molecule has 0 fully saturated rings. The number of thiol groups is 2. The molecule has 0 saturated carbocycles. The molecular formula is C7H16N2O2S2. The summed E-state index contributed by atoms with van der Waals surface area (Å²) in [4.78, 5) is 19.9. The third-order valence-corrected chi connectivity index (χ3v) is 1.03. The molecule has 0 heterocycles. The van der Waals surface area contributed by atoms with Gasteiger partial charge in [0.25, 0.3) is 0 Å². The van der Waals surface area contributed by atoms with Crippen LogP contribution in [0.2, 0.25) is 0 Å². The maximum Gasteiger partial charge on any atom is 0.220 e. The van der Waals surface area contributed by atoms with E-state index in [-0.39, 0.29) is 11.0 Å². The van der Waals surface area contributed by atoms with Crippen LogP contribution in [-0.4, -0.2) is 29.9 Å². The summed E-state index contributed by atoms with van der Waals surface area (Å²) in [5.41, 5.74) is 5.14. The topological polar surface area (TPSA) is 72.2 Å². The van der Waals surface area contributed by atoms with Crippen LogP contribution in [0.25, 0.3) is 0 Å². The lowest BCUT2D eigenvalue weighted by Crippen LogP contribution is -2.28. The van der Waals surface area contributed by atoms with Gasteiger partial charge in [-0.3, -0.25) is 9.59 Å². The summed E-state index contributed by atoms with van der Waals surface area (Å²) >= 11 is 7.22. The van der Waals surface area contributed by atoms with Crippen molar-refractivity contribution in [3.05, 3.63) is 0 Å². The first kappa shape index (κ1) is 15.3. The Hall–Kier alpha value is -0.200. The molecule has 0 unspecified atom stereocenters. The molecule has 3 N–H and O–H groups in total. The molecule has 4 nitrogen and oxygen atoms in total. The lowest BCUT2D eigenvalue weighted by atomic mass is 10.4. The molecule has 0 aliphatic heterocycles. The highest BCUT2D eigenvalue weighted by Gasteiger charge is 1.94. The molecule has 0 bridgehead atoms. The highest BCUT2D eigenvalue weighted by atomic mass is 32.1. The molecule has 0 aromatic rings. The van der Waals surface area contributed by atoms with Crippen LogP contribution in [-0.2, 0) is 9.59 Å². The molecule has 1 amide bonds. The van der Waals surface area contributed by atoms with Gasteiger partial charge in [0, 0.05) is 26.4 Å². The van der Waals surface area contributed by atoms with E-state index in [9.17, 15) is 9.59 Å². The molecule has 0 spiro atoms. The zero-order chi connectivity index (χ0) is 10.7. The summed E-state index contributed by atoms with van der Waals surface area (Å²) in [7, 11) is 0. The average Bonchev–Trinajstić information content (AvgIpc) is 2.00. The third-order valence-electron chi connectivity index (χ3n) is 0.805. The van der Waals surface area contributed by atoms with Crippen LogP contribution in [0, 0.1) is 0 Å². The van der Waals surface area contributed by atoms with E-state index in [4.69, 9.17) is 5.73 Å². The molecule has 0 rings (SSSR count). The van der Waals surface area contributed by atoms with Gasteiger partial charge in [-0.05, 0) is 5.75 Å². The van der Waals surface area contributed by atoms with Crippen molar-refractivity contribution in [2.75, 3.05) is 18.8 Å². The molecule has 0 aromatic heterocycles. The number of hydrogen-bond acceptors (Lipinski definition) is 4. The van der Waals surface area contributed by atoms with E-state index in [2.05, 4.69) is 30.6 Å². The molecule has 13 heavy (non-hydrogen) atoms. The highest BCUT2D eigenvalue weighted by Crippen LogP contribution is 1.81. The standard InChI is InChI=1S/C5H12N2OS.C2H4OS/c6-2-3-7-5(8)1-4-9;1-2(3)4/h9H,1-4,6H2,(H,7,8);1H3,(H,3,4). The van der Waals surface area contributed by atoms with E-state index in [1.165, 1.54) is 6.92 Å². The van der Waals surface area contributed by atoms with E-state index in [1.54, 1.807) is 0 Å². The third kappa shape index (κ3) is 24.5. The number of carbonyl (C=O) groups excluding carboxylic acids is 2. The Morgan fingerprint density at radius 1 is 1.46 bits per heavy atom. The molecule has 0 radical (unpaired) electrons. The van der Waals surface area contributed by atoms with Crippen LogP contribution in [0.4, 0.5) is 0 Å². The molecule has 0 aliphatic rings. The second kappa shape index (κ2) is 11.8. The van der Waals surface area contributed by atoms with Crippen molar-refractivity contribution < 1.29 is 9.59 Å². The number of nitrogens with two attached hydrogens (primary N) is 1. The van der Waals surface area contributed by atoms with E-state index >= 15 is 0 Å². The van der Waals surface area contributed by atoms with Crippen molar-refractivity contribution in [1.82, 2.24) is 5.32 Å². The Morgan fingerprint density at radius 2 is 1.92 bits per heavy atom. The zero-order valence-electron chi connectivity index (χ0n) is 7.62. The van der Waals surface area contributed by atoms with Crippen LogP contribution in [0.1, 0.15) is 13.3 Å². The molecule has 78 valence electrons. The summed E-state index contributed by atoms with van der Waals surface area (Å²) < 4.78 is 0. The van der Waals surface area contributed by atoms with Gasteiger partial charge in [-0.25, -0.2) is 0 Å². The van der Waals surface area contributed by atoms with Gasteiger partial charge < -0.3 is 11.1 Å². The highest BCUT2D eigenvalue weighted by molar-refractivity contribution is 7.96. The van der Waals surface area contributed by atoms with Crippen LogP contribution >= 0.6 is 25.3 Å². The Labute approximate surface area is 89.5 Å². The quantitative estimate of drug-likeness (QED) is 0.502. The first-order chi connectivity index (χ1) is 6.04. The SMILES string of the molecule is CC(=O)S.NCCNC(=O)CCS. The summed E-state index contributed by atoms with van der Waals surface area (Å²) in [6, 6.07) is 0. The van der Waals surface area contributed by atoms with Gasteiger partial charge in [-0.1, -0.05) is 0 Å². The van der Waals surface area contributed by atoms with Crippen LogP contribution in [0.5, 0.6) is 0 Å². The Bertz CT molecular complexity index is 149. The number of rotatable bonds is 4. The summed E-state index contributed by atoms with van der Waals surface area (Å²) in [5.74, 6) is 0.617. The van der Waals surface area contributed by atoms with E-state index < -0.39 is 0 Å². The predicted octanol–water partition coefficient (Wildman–Crippen LogP) is -0.156. The Morgan fingerprint density at radius 3 is 2.23 bits per heavy atom. The number of nitrogens with one attached hydrogen (secondary N) is 1. The fourth-order valence-corrected chi connectivity index (χ4v) is 0.605. The van der Waals surface area contributed by atoms with Crippen molar-refractivity contribution in [3.8, 4) is 0 Å². The predicted molar refractivity (Wildman–Crippen MR) is 60.2 cm³/mol. The molecular weight excluding hydrogens is 208 g/mol. The first-order valence-electron chi connectivity index (χ1n) is 3.81. The minimum atomic E-state index is -0.139. The molecule has 0 aliphatic carbocycles. The summed E-state index contributed by atoms with van der Waals surface area (Å²) in [5, 5.41) is 2.48. The zero-order valence-corrected chi connectivity index (χ0v) is 9.41. The van der Waals surface area contributed by atoms with Gasteiger partial charge in [0.2, 0.25) is 5.91 Å². The lowest BCUT2D eigenvalue weighted by Gasteiger charge is -1.99. The van der Waals surface area contributed by atoms with Crippen LogP contribution in [0.15, 0.2) is 0 Å². The first-order valence-corrected chi connectivity index (χ1v) is 4.89. The van der Waals surface area contributed by atoms with Crippen molar-refractivity contribution in [2.24, 2.45) is 5.73 Å². The lowest BCUT2D eigenvalue weighted by molar-refractivity contribution is -0.120. The van der Waals surface area contributed by atoms with Crippen molar-refractivity contribution in [3.63, 3.8) is 0 Å². The fraction of sp³-hybridized carbons (Fsp3) is 0.714. The van der Waals surface area contributed by atoms with E-state index in [0.717, 1.165) is 0 Å². The summed E-state index contributed by atoms with van der Waals surface area (Å²) in [6.45, 7) is 2.45. The summed E-state index contributed by atoms with van der Waals surface area (Å²) in [6.07, 6.45) is 0.475. The smallest absolute Gasteiger partial charge is 0.220 e. The number of carbonyl (C=O) groups is 2. The monoisotopic (exact) mass is 224 g/mol. The molecule has 0 aromatic carbocycles. The fourth-order valence-electron chi connectivity index (χ4n) is 0.402. The van der Waals surface area contributed by atoms with Gasteiger partial charge in [-0.2, -0.15) is 12.6 Å². The van der Waals surface area contributed by atoms with Crippen LogP contribution < -0.4 is 11.1 Å². The Balaban J connectivity index is 0. The molecule has 0 saturated heterocycles. The minimum Gasteiger partial charge on any atom is -0.355 e. The van der Waals surface area contributed by atoms with Gasteiger partial charge in [0.05, 0.1) is 0 Å². The van der Waals surface area contributed by atoms with E-state index in [1.807, 2.05) is 0 Å². The van der Waals surface area contributed by atoms with Crippen LogP contribution in [0.3, 0.4) is 0 Å². The maximum atomic E-state index is 10.6. The number of hydrogen-bond donors (Lipinski definition) is 4. The second-order valence-electron chi connectivity index (χ2n) is 2.13. The van der Waals surface area contributed by atoms with E-state index in [0.29, 0.717) is 25.3 Å². The van der Waals surface area contributed by atoms with Gasteiger partial charge >= 0.3 is 0 Å². The van der Waals surface area contributed by atoms with Crippen molar-refractivity contribution in [2.45, 2.75) is 13.3 Å². The average molecular weight is 224 g/mol. The second-order valence-corrected chi connectivity index (χ2v) is 3.21. The minimum absolute atomic E-state index is 0.0236. The van der Waals surface area contributed by atoms with Gasteiger partial charge in [0.15, 0.2) is 5.12 Å². The largest absolute Gasteiger partial charge is 0.355 e. The molecule has 0 atom stereocenters. The van der Waals surface area contributed by atoms with Gasteiger partial charge in [-0.15, -0.1) is 12.6 Å². The maximum absolute atomic E-state index is 10.6. The number of amides is 1. The van der Waals surface area contributed by atoms with Crippen molar-refractivity contribution >= 4 is 36.3 Å². The molecule has 6 heteroatoms. The normalized spacial score (nSPS) is 8.31. The van der Waals surface area contributed by atoms with Crippen molar-refractivity contribution in [1.29, 1.82) is 0 Å².